The Morgan fingerprint density at radius 1 is 1.23 bits per heavy atom. The lowest BCUT2D eigenvalue weighted by molar-refractivity contribution is 0.469. The Hall–Kier alpha value is -2.55. The van der Waals surface area contributed by atoms with Gasteiger partial charge in [0.05, 0.1) is 17.5 Å². The Labute approximate surface area is 151 Å². The molecule has 26 heavy (non-hydrogen) atoms. The number of aromatic nitrogens is 6. The lowest BCUT2D eigenvalue weighted by Crippen LogP contribution is -2.17. The molecule has 8 nitrogen and oxygen atoms in total. The average Bonchev–Trinajstić information content (AvgIpc) is 3.32. The number of sulfone groups is 1. The molecule has 1 atom stereocenters. The molecule has 0 spiro atoms. The third-order valence-electron chi connectivity index (χ3n) is 4.69. The molecule has 0 aliphatic carbocycles. The molecule has 0 amide bonds. The number of rotatable bonds is 5. The van der Waals surface area contributed by atoms with E-state index in [1.54, 1.807) is 18.6 Å². The van der Waals surface area contributed by atoms with Gasteiger partial charge in [-0.15, -0.1) is 0 Å². The zero-order valence-electron chi connectivity index (χ0n) is 14.5. The summed E-state index contributed by atoms with van der Waals surface area (Å²) in [4.78, 5) is 13.0. The molecule has 1 fully saturated rings. The van der Waals surface area contributed by atoms with Crippen molar-refractivity contribution >= 4 is 9.84 Å². The summed E-state index contributed by atoms with van der Waals surface area (Å²) in [6.45, 7) is 2.68. The molecule has 0 N–H and O–H groups in total. The Morgan fingerprint density at radius 2 is 2.04 bits per heavy atom. The zero-order chi connectivity index (χ0) is 18.1. The van der Waals surface area contributed by atoms with Crippen molar-refractivity contribution in [3.63, 3.8) is 0 Å². The van der Waals surface area contributed by atoms with Gasteiger partial charge in [-0.2, -0.15) is 5.10 Å². The standard InChI is InChI=1S/C17H20N6O2S/c1-13-19-8-10-22(13)9-4-16-20-17(14-2-6-18-7-3-14)21-23(16)15-5-11-26(24,25)12-15/h2-3,6-8,10,15H,4-5,9,11-12H2,1H3/t15-/m1/s1. The second kappa shape index (κ2) is 6.64. The number of imidazole rings is 1. The molecule has 1 aliphatic heterocycles. The number of hydrogen-bond acceptors (Lipinski definition) is 6. The molecule has 0 saturated carbocycles. The van der Waals surface area contributed by atoms with Crippen molar-refractivity contribution in [3.8, 4) is 11.4 Å². The third-order valence-corrected chi connectivity index (χ3v) is 6.44. The number of pyridine rings is 1. The van der Waals surface area contributed by atoms with E-state index in [0.29, 0.717) is 18.7 Å². The molecular weight excluding hydrogens is 352 g/mol. The van der Waals surface area contributed by atoms with E-state index in [0.717, 1.165) is 23.8 Å². The summed E-state index contributed by atoms with van der Waals surface area (Å²) in [5, 5.41) is 4.64. The van der Waals surface area contributed by atoms with Gasteiger partial charge >= 0.3 is 0 Å². The van der Waals surface area contributed by atoms with Gasteiger partial charge in [0.25, 0.3) is 0 Å². The molecule has 0 aromatic carbocycles. The predicted molar refractivity (Wildman–Crippen MR) is 96.2 cm³/mol. The first-order chi connectivity index (χ1) is 12.5. The van der Waals surface area contributed by atoms with Crippen LogP contribution in [0.15, 0.2) is 36.9 Å². The molecule has 3 aromatic heterocycles. The van der Waals surface area contributed by atoms with Gasteiger partial charge in [-0.25, -0.2) is 23.1 Å². The van der Waals surface area contributed by atoms with Gasteiger partial charge in [0.1, 0.15) is 11.6 Å². The monoisotopic (exact) mass is 372 g/mol. The van der Waals surface area contributed by atoms with Crippen molar-refractivity contribution in [1.82, 2.24) is 29.3 Å². The second-order valence-electron chi connectivity index (χ2n) is 6.51. The van der Waals surface area contributed by atoms with E-state index in [1.165, 1.54) is 0 Å². The van der Waals surface area contributed by atoms with Crippen LogP contribution in [0, 0.1) is 6.92 Å². The Morgan fingerprint density at radius 3 is 2.69 bits per heavy atom. The van der Waals surface area contributed by atoms with E-state index < -0.39 is 9.84 Å². The van der Waals surface area contributed by atoms with Gasteiger partial charge in [-0.05, 0) is 25.5 Å². The van der Waals surface area contributed by atoms with Gasteiger partial charge in [0, 0.05) is 43.3 Å². The minimum Gasteiger partial charge on any atom is -0.335 e. The van der Waals surface area contributed by atoms with Gasteiger partial charge in [0.15, 0.2) is 15.7 Å². The normalized spacial score (nSPS) is 19.0. The van der Waals surface area contributed by atoms with E-state index in [9.17, 15) is 8.42 Å². The van der Waals surface area contributed by atoms with Crippen LogP contribution >= 0.6 is 0 Å². The number of hydrogen-bond donors (Lipinski definition) is 0. The van der Waals surface area contributed by atoms with E-state index >= 15 is 0 Å². The highest BCUT2D eigenvalue weighted by atomic mass is 32.2. The van der Waals surface area contributed by atoms with Crippen LogP contribution in [0.25, 0.3) is 11.4 Å². The molecule has 3 aromatic rings. The zero-order valence-corrected chi connectivity index (χ0v) is 15.3. The highest BCUT2D eigenvalue weighted by molar-refractivity contribution is 7.91. The summed E-state index contributed by atoms with van der Waals surface area (Å²) in [6.07, 6.45) is 8.34. The van der Waals surface area contributed by atoms with Crippen molar-refractivity contribution in [2.75, 3.05) is 11.5 Å². The summed E-state index contributed by atoms with van der Waals surface area (Å²) in [7, 11) is -2.99. The topological polar surface area (TPSA) is 95.6 Å². The SMILES string of the molecule is Cc1nccn1CCc1nc(-c2ccncc2)nn1[C@@H]1CCS(=O)(=O)C1. The molecule has 1 saturated heterocycles. The Bertz CT molecular complexity index is 1010. The second-order valence-corrected chi connectivity index (χ2v) is 8.74. The molecular formula is C17H20N6O2S. The van der Waals surface area contributed by atoms with Gasteiger partial charge in [0.2, 0.25) is 0 Å². The maximum atomic E-state index is 11.9. The minimum absolute atomic E-state index is 0.128. The van der Waals surface area contributed by atoms with E-state index in [-0.39, 0.29) is 17.5 Å². The lowest BCUT2D eigenvalue weighted by Gasteiger charge is -2.12. The van der Waals surface area contributed by atoms with Crippen LogP contribution in [0.5, 0.6) is 0 Å². The predicted octanol–water partition coefficient (Wildman–Crippen LogP) is 1.45. The van der Waals surface area contributed by atoms with Crippen LogP contribution < -0.4 is 0 Å². The largest absolute Gasteiger partial charge is 0.335 e. The maximum Gasteiger partial charge on any atom is 0.181 e. The average molecular weight is 372 g/mol. The molecule has 136 valence electrons. The van der Waals surface area contributed by atoms with E-state index in [2.05, 4.69) is 19.6 Å². The fourth-order valence-electron chi connectivity index (χ4n) is 3.27. The highest BCUT2D eigenvalue weighted by Gasteiger charge is 2.31. The van der Waals surface area contributed by atoms with Crippen LogP contribution in [0.1, 0.15) is 24.1 Å². The van der Waals surface area contributed by atoms with Crippen LogP contribution in [0.4, 0.5) is 0 Å². The van der Waals surface area contributed by atoms with Crippen LogP contribution in [0.3, 0.4) is 0 Å². The fraction of sp³-hybridized carbons (Fsp3) is 0.412. The van der Waals surface area contributed by atoms with Gasteiger partial charge < -0.3 is 4.57 Å². The van der Waals surface area contributed by atoms with E-state index in [4.69, 9.17) is 4.98 Å². The molecule has 0 bridgehead atoms. The maximum absolute atomic E-state index is 11.9. The van der Waals surface area contributed by atoms with Crippen molar-refractivity contribution in [2.24, 2.45) is 0 Å². The molecule has 1 aliphatic rings. The van der Waals surface area contributed by atoms with Gasteiger partial charge in [-0.3, -0.25) is 4.98 Å². The van der Waals surface area contributed by atoms with Crippen LogP contribution in [-0.4, -0.2) is 49.2 Å². The Balaban J connectivity index is 1.66. The fourth-order valence-corrected chi connectivity index (χ4v) is 4.96. The van der Waals surface area contributed by atoms with Crippen LogP contribution in [0.2, 0.25) is 0 Å². The third kappa shape index (κ3) is 3.39. The summed E-state index contributed by atoms with van der Waals surface area (Å²) in [5.41, 5.74) is 0.875. The smallest absolute Gasteiger partial charge is 0.181 e. The summed E-state index contributed by atoms with van der Waals surface area (Å²) in [5.74, 6) is 2.68. The highest BCUT2D eigenvalue weighted by Crippen LogP contribution is 2.26. The van der Waals surface area contributed by atoms with Gasteiger partial charge in [-0.1, -0.05) is 0 Å². The molecule has 4 heterocycles. The first-order valence-electron chi connectivity index (χ1n) is 8.56. The number of aryl methyl sites for hydroxylation is 3. The quantitative estimate of drug-likeness (QED) is 0.673. The first kappa shape index (κ1) is 16.9. The molecule has 4 rings (SSSR count). The summed E-state index contributed by atoms with van der Waals surface area (Å²) < 4.78 is 27.7. The van der Waals surface area contributed by atoms with Crippen molar-refractivity contribution < 1.29 is 8.42 Å². The lowest BCUT2D eigenvalue weighted by atomic mass is 10.2. The van der Waals surface area contributed by atoms with Crippen molar-refractivity contribution in [3.05, 3.63) is 48.6 Å². The van der Waals surface area contributed by atoms with Crippen molar-refractivity contribution in [2.45, 2.75) is 32.4 Å². The summed E-state index contributed by atoms with van der Waals surface area (Å²) >= 11 is 0. The minimum atomic E-state index is -2.99. The molecule has 9 heteroatoms. The molecule has 0 radical (unpaired) electrons. The summed E-state index contributed by atoms with van der Waals surface area (Å²) in [6, 6.07) is 3.56. The number of nitrogens with zero attached hydrogens (tertiary/aromatic N) is 6. The first-order valence-corrected chi connectivity index (χ1v) is 10.4. The molecule has 0 unspecified atom stereocenters. The van der Waals surface area contributed by atoms with E-state index in [1.807, 2.05) is 29.9 Å². The Kier molecular flexibility index (Phi) is 4.31. The van der Waals surface area contributed by atoms with Crippen molar-refractivity contribution in [1.29, 1.82) is 0 Å². The van der Waals surface area contributed by atoms with Crippen LogP contribution in [-0.2, 0) is 22.8 Å².